The molecule has 10 heteroatoms. The van der Waals surface area contributed by atoms with E-state index in [1.165, 1.54) is 11.3 Å². The van der Waals surface area contributed by atoms with Crippen LogP contribution in [0.3, 0.4) is 0 Å². The normalized spacial score (nSPS) is 13.8. The summed E-state index contributed by atoms with van der Waals surface area (Å²) in [6.45, 7) is 11.3. The number of aromatic amines is 1. The predicted molar refractivity (Wildman–Crippen MR) is 152 cm³/mol. The lowest BCUT2D eigenvalue weighted by atomic mass is 10.00. The third kappa shape index (κ3) is 4.92. The molecule has 4 aromatic rings. The Labute approximate surface area is 225 Å². The number of aryl methyl sites for hydroxylation is 1. The Morgan fingerprint density at radius 3 is 2.76 bits per heavy atom. The summed E-state index contributed by atoms with van der Waals surface area (Å²) in [4.78, 5) is 35.8. The molecule has 5 rings (SSSR count). The number of nitrogens with one attached hydrogen (secondary N) is 3. The topological polar surface area (TPSA) is 108 Å². The number of carbonyl (C=O) groups excluding carboxylic acids is 2. The number of rotatable bonds is 9. The molecule has 0 radical (unpaired) electrons. The van der Waals surface area contributed by atoms with Gasteiger partial charge in [0.05, 0.1) is 17.3 Å². The average molecular weight is 530 g/mol. The molecule has 0 atom stereocenters. The highest BCUT2D eigenvalue weighted by Gasteiger charge is 2.26. The van der Waals surface area contributed by atoms with E-state index in [0.717, 1.165) is 64.1 Å². The van der Waals surface area contributed by atoms with Gasteiger partial charge in [0.15, 0.2) is 0 Å². The van der Waals surface area contributed by atoms with Crippen molar-refractivity contribution in [1.29, 1.82) is 0 Å². The Morgan fingerprint density at radius 1 is 1.21 bits per heavy atom. The van der Waals surface area contributed by atoms with Crippen molar-refractivity contribution >= 4 is 40.5 Å². The van der Waals surface area contributed by atoms with Crippen LogP contribution < -0.4 is 10.6 Å². The standard InChI is InChI=1S/C28H31N7O2S/c1-5-34(6-2)11-9-29-27(37)25-17(3)24(32-18(25)4)14-22-21-13-19(7-8-23(21)33-26(22)36)20-15-31-35(16-20)28-30-10-12-38-28/h7-8,10,12-16,32H,5-6,9,11H2,1-4H3,(H,29,37)(H,33,36)/b22-14-. The summed E-state index contributed by atoms with van der Waals surface area (Å²) in [5.41, 5.74) is 6.95. The van der Waals surface area contributed by atoms with Gasteiger partial charge in [0.1, 0.15) is 0 Å². The van der Waals surface area contributed by atoms with E-state index in [9.17, 15) is 9.59 Å². The van der Waals surface area contributed by atoms with E-state index in [-0.39, 0.29) is 11.8 Å². The first kappa shape index (κ1) is 25.6. The van der Waals surface area contributed by atoms with Crippen molar-refractivity contribution in [3.05, 3.63) is 70.2 Å². The number of hydrogen-bond acceptors (Lipinski definition) is 6. The second-order valence-electron chi connectivity index (χ2n) is 9.21. The maximum atomic E-state index is 13.0. The van der Waals surface area contributed by atoms with Crippen molar-refractivity contribution in [2.75, 3.05) is 31.5 Å². The molecule has 2 amide bonds. The summed E-state index contributed by atoms with van der Waals surface area (Å²) in [7, 11) is 0. The Morgan fingerprint density at radius 2 is 2.03 bits per heavy atom. The van der Waals surface area contributed by atoms with Crippen LogP contribution in [0.25, 0.3) is 27.9 Å². The van der Waals surface area contributed by atoms with Crippen LogP contribution in [0.5, 0.6) is 0 Å². The second kappa shape index (κ2) is 10.8. The zero-order valence-corrected chi connectivity index (χ0v) is 22.8. The maximum Gasteiger partial charge on any atom is 0.256 e. The molecule has 196 valence electrons. The fourth-order valence-corrected chi connectivity index (χ4v) is 5.35. The molecular weight excluding hydrogens is 498 g/mol. The van der Waals surface area contributed by atoms with E-state index in [1.807, 2.05) is 49.7 Å². The minimum absolute atomic E-state index is 0.108. The minimum atomic E-state index is -0.174. The molecule has 0 saturated heterocycles. The van der Waals surface area contributed by atoms with Gasteiger partial charge in [-0.3, -0.25) is 9.59 Å². The van der Waals surface area contributed by atoms with Crippen molar-refractivity contribution < 1.29 is 9.59 Å². The Balaban J connectivity index is 1.41. The molecule has 9 nitrogen and oxygen atoms in total. The van der Waals surface area contributed by atoms with Crippen molar-refractivity contribution in [1.82, 2.24) is 30.0 Å². The molecule has 0 spiro atoms. The van der Waals surface area contributed by atoms with E-state index >= 15 is 0 Å². The molecule has 1 aromatic carbocycles. The molecule has 0 unspecified atom stereocenters. The van der Waals surface area contributed by atoms with Crippen LogP contribution in [0, 0.1) is 13.8 Å². The summed E-state index contributed by atoms with van der Waals surface area (Å²) in [5.74, 6) is -0.281. The van der Waals surface area contributed by atoms with Crippen LogP contribution in [0.2, 0.25) is 0 Å². The smallest absolute Gasteiger partial charge is 0.256 e. The number of aromatic nitrogens is 4. The quantitative estimate of drug-likeness (QED) is 0.277. The van der Waals surface area contributed by atoms with Gasteiger partial charge in [0, 0.05) is 59.1 Å². The second-order valence-corrected chi connectivity index (χ2v) is 10.1. The summed E-state index contributed by atoms with van der Waals surface area (Å²) >= 11 is 1.51. The van der Waals surface area contributed by atoms with Gasteiger partial charge in [0.2, 0.25) is 5.13 Å². The van der Waals surface area contributed by atoms with E-state index in [4.69, 9.17) is 0 Å². The number of carbonyl (C=O) groups is 2. The van der Waals surface area contributed by atoms with Crippen LogP contribution in [-0.2, 0) is 4.79 Å². The van der Waals surface area contributed by atoms with Gasteiger partial charge in [-0.25, -0.2) is 9.67 Å². The first-order valence-corrected chi connectivity index (χ1v) is 13.6. The summed E-state index contributed by atoms with van der Waals surface area (Å²) < 4.78 is 1.74. The molecule has 3 N–H and O–H groups in total. The number of likely N-dealkylation sites (N-methyl/N-ethyl adjacent to an activating group) is 1. The lowest BCUT2D eigenvalue weighted by Crippen LogP contribution is -2.35. The molecule has 38 heavy (non-hydrogen) atoms. The van der Waals surface area contributed by atoms with E-state index in [1.54, 1.807) is 17.1 Å². The number of nitrogens with zero attached hydrogens (tertiary/aromatic N) is 4. The third-order valence-electron chi connectivity index (χ3n) is 6.93. The number of hydrogen-bond donors (Lipinski definition) is 3. The van der Waals surface area contributed by atoms with Gasteiger partial charge in [-0.15, -0.1) is 11.3 Å². The number of H-pyrrole nitrogens is 1. The number of anilines is 1. The van der Waals surface area contributed by atoms with E-state index < -0.39 is 0 Å². The average Bonchev–Trinajstić information content (AvgIpc) is 3.70. The Hall–Kier alpha value is -4.02. The lowest BCUT2D eigenvalue weighted by Gasteiger charge is -2.18. The van der Waals surface area contributed by atoms with Crippen molar-refractivity contribution in [3.63, 3.8) is 0 Å². The molecule has 4 heterocycles. The van der Waals surface area contributed by atoms with E-state index in [0.29, 0.717) is 17.7 Å². The highest BCUT2D eigenvalue weighted by Crippen LogP contribution is 2.37. The zero-order chi connectivity index (χ0) is 26.8. The van der Waals surface area contributed by atoms with Crippen LogP contribution in [0.1, 0.15) is 46.7 Å². The van der Waals surface area contributed by atoms with Crippen molar-refractivity contribution in [3.8, 4) is 16.3 Å². The first-order valence-electron chi connectivity index (χ1n) is 12.7. The fourth-order valence-electron chi connectivity index (χ4n) is 4.78. The molecule has 0 fully saturated rings. The van der Waals surface area contributed by atoms with Gasteiger partial charge < -0.3 is 20.5 Å². The Kier molecular flexibility index (Phi) is 7.26. The SMILES string of the molecule is CCN(CC)CCNC(=O)c1c(C)[nH]c(/C=C2\C(=O)Nc3ccc(-c4cnn(-c5nccs5)c4)cc32)c1C. The van der Waals surface area contributed by atoms with Crippen LogP contribution in [0.4, 0.5) is 5.69 Å². The van der Waals surface area contributed by atoms with Gasteiger partial charge in [-0.2, -0.15) is 5.10 Å². The van der Waals surface area contributed by atoms with E-state index in [2.05, 4.69) is 44.4 Å². The Bertz CT molecular complexity index is 1510. The van der Waals surface area contributed by atoms with Gasteiger partial charge in [-0.1, -0.05) is 19.9 Å². The number of amides is 2. The lowest BCUT2D eigenvalue weighted by molar-refractivity contribution is -0.110. The molecule has 0 aliphatic carbocycles. The monoisotopic (exact) mass is 529 g/mol. The predicted octanol–water partition coefficient (Wildman–Crippen LogP) is 4.51. The third-order valence-corrected chi connectivity index (χ3v) is 7.69. The molecule has 1 aliphatic heterocycles. The summed E-state index contributed by atoms with van der Waals surface area (Å²) in [6.07, 6.45) is 7.30. The van der Waals surface area contributed by atoms with Gasteiger partial charge in [-0.05, 0) is 56.3 Å². The highest BCUT2D eigenvalue weighted by atomic mass is 32.1. The fraction of sp³-hybridized carbons (Fsp3) is 0.286. The summed E-state index contributed by atoms with van der Waals surface area (Å²) in [5, 5.41) is 13.1. The largest absolute Gasteiger partial charge is 0.358 e. The zero-order valence-electron chi connectivity index (χ0n) is 22.0. The number of fused-ring (bicyclic) bond motifs is 1. The van der Waals surface area contributed by atoms with Crippen LogP contribution in [0.15, 0.2) is 42.2 Å². The molecule has 1 aliphatic rings. The minimum Gasteiger partial charge on any atom is -0.358 e. The number of thiazole rings is 1. The van der Waals surface area contributed by atoms with Crippen LogP contribution >= 0.6 is 11.3 Å². The molecule has 0 saturated carbocycles. The van der Waals surface area contributed by atoms with Crippen LogP contribution in [-0.4, -0.2) is 62.6 Å². The van der Waals surface area contributed by atoms with Crippen molar-refractivity contribution in [2.24, 2.45) is 0 Å². The molecular formula is C28H31N7O2S. The summed E-state index contributed by atoms with van der Waals surface area (Å²) in [6, 6.07) is 5.87. The van der Waals surface area contributed by atoms with Gasteiger partial charge in [0.25, 0.3) is 11.8 Å². The highest BCUT2D eigenvalue weighted by molar-refractivity contribution is 7.12. The first-order chi connectivity index (χ1) is 18.4. The van der Waals surface area contributed by atoms with Crippen molar-refractivity contribution in [2.45, 2.75) is 27.7 Å². The maximum absolute atomic E-state index is 13.0. The molecule has 3 aromatic heterocycles. The van der Waals surface area contributed by atoms with Gasteiger partial charge >= 0.3 is 0 Å². The molecule has 0 bridgehead atoms. The number of benzene rings is 1.